The molecule has 0 unspecified atom stereocenters. The Bertz CT molecular complexity index is 366. The number of Topliss-reactive ketones (excluding diaryl/α,β-unsaturated/α-hetero) is 1. The van der Waals surface area contributed by atoms with E-state index in [1.54, 1.807) is 7.11 Å². The molecule has 0 bridgehead atoms. The third kappa shape index (κ3) is 3.86. The number of methoxy groups -OCH3 is 1. The summed E-state index contributed by atoms with van der Waals surface area (Å²) in [4.78, 5) is 11.8. The summed E-state index contributed by atoms with van der Waals surface area (Å²) in [6, 6.07) is 7.43. The Kier molecular flexibility index (Phi) is 4.15. The van der Waals surface area contributed by atoms with Gasteiger partial charge in [0.2, 0.25) is 0 Å². The van der Waals surface area contributed by atoms with Crippen molar-refractivity contribution in [3.8, 4) is 5.75 Å². The molecule has 0 heterocycles. The van der Waals surface area contributed by atoms with Crippen LogP contribution in [-0.4, -0.2) is 25.6 Å². The summed E-state index contributed by atoms with van der Waals surface area (Å²) in [6.45, 7) is 0.634. The van der Waals surface area contributed by atoms with Crippen molar-refractivity contribution in [1.29, 1.82) is 0 Å². The second-order valence-electron chi connectivity index (χ2n) is 4.36. The molecule has 3 nitrogen and oxygen atoms in total. The largest absolute Gasteiger partial charge is 0.490 e. The average molecular weight is 234 g/mol. The van der Waals surface area contributed by atoms with Gasteiger partial charge in [-0.3, -0.25) is 4.79 Å². The summed E-state index contributed by atoms with van der Waals surface area (Å²) >= 11 is 0. The van der Waals surface area contributed by atoms with Crippen LogP contribution >= 0.6 is 0 Å². The molecular formula is C14H18O3. The zero-order valence-corrected chi connectivity index (χ0v) is 10.1. The summed E-state index contributed by atoms with van der Waals surface area (Å²) in [7, 11) is 1.65. The van der Waals surface area contributed by atoms with Gasteiger partial charge in [0.15, 0.2) is 5.78 Å². The van der Waals surface area contributed by atoms with Crippen molar-refractivity contribution in [2.75, 3.05) is 13.7 Å². The van der Waals surface area contributed by atoms with Gasteiger partial charge in [0, 0.05) is 25.7 Å². The Hall–Kier alpha value is -1.35. The Morgan fingerprint density at radius 2 is 2.00 bits per heavy atom. The van der Waals surface area contributed by atoms with Crippen LogP contribution < -0.4 is 4.74 Å². The zero-order valence-electron chi connectivity index (χ0n) is 10.1. The van der Waals surface area contributed by atoms with Gasteiger partial charge in [-0.15, -0.1) is 0 Å². The van der Waals surface area contributed by atoms with E-state index in [1.807, 2.05) is 24.3 Å². The Balaban J connectivity index is 1.85. The van der Waals surface area contributed by atoms with Crippen molar-refractivity contribution in [2.45, 2.75) is 31.8 Å². The van der Waals surface area contributed by atoms with Gasteiger partial charge in [0.25, 0.3) is 0 Å². The first-order chi connectivity index (χ1) is 8.29. The molecule has 0 spiro atoms. The molecular weight excluding hydrogens is 216 g/mol. The van der Waals surface area contributed by atoms with E-state index in [2.05, 4.69) is 0 Å². The van der Waals surface area contributed by atoms with Crippen LogP contribution in [0.5, 0.6) is 5.75 Å². The predicted octanol–water partition coefficient (Wildman–Crippen LogP) is 2.84. The van der Waals surface area contributed by atoms with E-state index in [-0.39, 0.29) is 5.78 Å². The summed E-state index contributed by atoms with van der Waals surface area (Å²) < 4.78 is 10.6. The van der Waals surface area contributed by atoms with Crippen molar-refractivity contribution < 1.29 is 14.3 Å². The first-order valence-electron chi connectivity index (χ1n) is 6.08. The quantitative estimate of drug-likeness (QED) is 0.537. The summed E-state index contributed by atoms with van der Waals surface area (Å²) in [5, 5.41) is 0. The molecule has 0 atom stereocenters. The van der Waals surface area contributed by atoms with Crippen LogP contribution in [0.3, 0.4) is 0 Å². The normalized spacial score (nSPS) is 14.6. The molecule has 92 valence electrons. The molecule has 2 rings (SSSR count). The van der Waals surface area contributed by atoms with Crippen LogP contribution in [0.2, 0.25) is 0 Å². The molecule has 0 saturated heterocycles. The lowest BCUT2D eigenvalue weighted by molar-refractivity contribution is 0.0963. The maximum Gasteiger partial charge on any atom is 0.162 e. The number of hydrogen-bond acceptors (Lipinski definition) is 3. The van der Waals surface area contributed by atoms with Crippen molar-refractivity contribution in [3.63, 3.8) is 0 Å². The van der Waals surface area contributed by atoms with E-state index in [4.69, 9.17) is 9.47 Å². The molecule has 1 aromatic carbocycles. The number of carbonyl (C=O) groups excluding carboxylic acids is 1. The Morgan fingerprint density at radius 1 is 1.29 bits per heavy atom. The minimum Gasteiger partial charge on any atom is -0.490 e. The highest BCUT2D eigenvalue weighted by Gasteiger charge is 2.23. The number of ether oxygens (including phenoxy) is 2. The van der Waals surface area contributed by atoms with Gasteiger partial charge in [0.05, 0.1) is 6.10 Å². The minimum absolute atomic E-state index is 0.167. The molecule has 1 aliphatic carbocycles. The second kappa shape index (κ2) is 5.82. The lowest BCUT2D eigenvalue weighted by Crippen LogP contribution is -2.02. The molecule has 3 heteroatoms. The van der Waals surface area contributed by atoms with Crippen LogP contribution in [-0.2, 0) is 4.74 Å². The van der Waals surface area contributed by atoms with E-state index < -0.39 is 0 Å². The fraction of sp³-hybridized carbons (Fsp3) is 0.500. The van der Waals surface area contributed by atoms with Crippen molar-refractivity contribution >= 4 is 5.78 Å². The predicted molar refractivity (Wildman–Crippen MR) is 65.5 cm³/mol. The van der Waals surface area contributed by atoms with Crippen molar-refractivity contribution in [1.82, 2.24) is 0 Å². The number of benzene rings is 1. The summed E-state index contributed by atoms with van der Waals surface area (Å²) in [6.07, 6.45) is 4.01. The fourth-order valence-electron chi connectivity index (χ4n) is 1.62. The maximum atomic E-state index is 11.8. The van der Waals surface area contributed by atoms with Gasteiger partial charge in [-0.2, -0.15) is 0 Å². The molecule has 1 aromatic rings. The van der Waals surface area contributed by atoms with E-state index in [9.17, 15) is 4.79 Å². The van der Waals surface area contributed by atoms with E-state index >= 15 is 0 Å². The highest BCUT2D eigenvalue weighted by molar-refractivity contribution is 5.96. The zero-order chi connectivity index (χ0) is 12.1. The molecule has 0 radical (unpaired) electrons. The average Bonchev–Trinajstić information content (AvgIpc) is 3.14. The highest BCUT2D eigenvalue weighted by atomic mass is 16.5. The summed E-state index contributed by atoms with van der Waals surface area (Å²) in [5.41, 5.74) is 0.754. The van der Waals surface area contributed by atoms with Crippen molar-refractivity contribution in [2.24, 2.45) is 0 Å². The molecule has 17 heavy (non-hydrogen) atoms. The highest BCUT2D eigenvalue weighted by Crippen LogP contribution is 2.26. The molecule has 1 saturated carbocycles. The molecule has 0 aromatic heterocycles. The van der Waals surface area contributed by atoms with Gasteiger partial charge in [-0.25, -0.2) is 0 Å². The smallest absolute Gasteiger partial charge is 0.162 e. The Morgan fingerprint density at radius 3 is 2.59 bits per heavy atom. The van der Waals surface area contributed by atoms with Crippen molar-refractivity contribution in [3.05, 3.63) is 29.8 Å². The van der Waals surface area contributed by atoms with E-state index in [0.29, 0.717) is 19.1 Å². The van der Waals surface area contributed by atoms with Crippen LogP contribution in [0, 0.1) is 0 Å². The first kappa shape index (κ1) is 12.1. The molecule has 1 aliphatic rings. The van der Waals surface area contributed by atoms with Gasteiger partial charge in [-0.05, 0) is 43.5 Å². The van der Waals surface area contributed by atoms with Gasteiger partial charge < -0.3 is 9.47 Å². The van der Waals surface area contributed by atoms with E-state index in [0.717, 1.165) is 30.6 Å². The third-order valence-electron chi connectivity index (χ3n) is 2.76. The monoisotopic (exact) mass is 234 g/mol. The maximum absolute atomic E-state index is 11.8. The minimum atomic E-state index is 0.167. The van der Waals surface area contributed by atoms with Crippen LogP contribution in [0.1, 0.15) is 36.0 Å². The fourth-order valence-corrected chi connectivity index (χ4v) is 1.62. The van der Waals surface area contributed by atoms with Gasteiger partial charge in [-0.1, -0.05) is 0 Å². The first-order valence-corrected chi connectivity index (χ1v) is 6.08. The SMILES string of the molecule is COCCCC(=O)c1ccc(OC2CC2)cc1. The van der Waals surface area contributed by atoms with Gasteiger partial charge >= 0.3 is 0 Å². The molecule has 0 aliphatic heterocycles. The number of carbonyl (C=O) groups is 1. The number of ketones is 1. The van der Waals surface area contributed by atoms with Crippen LogP contribution in [0.15, 0.2) is 24.3 Å². The molecule has 0 N–H and O–H groups in total. The molecule has 0 amide bonds. The standard InChI is InChI=1S/C14H18O3/c1-16-10-2-3-14(15)11-4-6-12(7-5-11)17-13-8-9-13/h4-7,13H,2-3,8-10H2,1H3. The molecule has 1 fully saturated rings. The second-order valence-corrected chi connectivity index (χ2v) is 4.36. The number of hydrogen-bond donors (Lipinski definition) is 0. The lowest BCUT2D eigenvalue weighted by Gasteiger charge is -2.05. The number of rotatable bonds is 7. The summed E-state index contributed by atoms with van der Waals surface area (Å²) in [5.74, 6) is 1.03. The topological polar surface area (TPSA) is 35.5 Å². The van der Waals surface area contributed by atoms with E-state index in [1.165, 1.54) is 0 Å². The third-order valence-corrected chi connectivity index (χ3v) is 2.76. The van der Waals surface area contributed by atoms with Crippen LogP contribution in [0.25, 0.3) is 0 Å². The van der Waals surface area contributed by atoms with Gasteiger partial charge in [0.1, 0.15) is 5.75 Å². The van der Waals surface area contributed by atoms with Crippen LogP contribution in [0.4, 0.5) is 0 Å². The lowest BCUT2D eigenvalue weighted by atomic mass is 10.1. The Labute approximate surface area is 102 Å².